The lowest BCUT2D eigenvalue weighted by Crippen LogP contribution is -2.26. The van der Waals surface area contributed by atoms with Crippen molar-refractivity contribution in [2.45, 2.75) is 26.7 Å². The van der Waals surface area contributed by atoms with Gasteiger partial charge in [-0.15, -0.1) is 0 Å². The molecule has 148 valence electrons. The van der Waals surface area contributed by atoms with Gasteiger partial charge in [0.2, 0.25) is 0 Å². The van der Waals surface area contributed by atoms with Crippen molar-refractivity contribution in [1.29, 1.82) is 0 Å². The molecule has 4 rings (SSSR count). The number of benzene rings is 3. The number of para-hydroxylation sites is 1. The Morgan fingerprint density at radius 1 is 0.931 bits per heavy atom. The van der Waals surface area contributed by atoms with Gasteiger partial charge in [-0.3, -0.25) is 0 Å². The molecule has 4 heteroatoms. The van der Waals surface area contributed by atoms with Gasteiger partial charge in [0.15, 0.2) is 0 Å². The Bertz CT molecular complexity index is 1040. The zero-order valence-electron chi connectivity index (χ0n) is 16.7. The fraction of sp³-hybridized carbons (Fsp3) is 0.240. The van der Waals surface area contributed by atoms with E-state index in [9.17, 15) is 4.79 Å². The smallest absolute Gasteiger partial charge is 0.343 e. The van der Waals surface area contributed by atoms with Crippen molar-refractivity contribution in [1.82, 2.24) is 0 Å². The number of esters is 1. The van der Waals surface area contributed by atoms with Crippen molar-refractivity contribution in [2.24, 2.45) is 0 Å². The Labute approximate surface area is 176 Å². The summed E-state index contributed by atoms with van der Waals surface area (Å²) in [5.74, 6) is 0.0438. The number of aryl methyl sites for hydroxylation is 2. The lowest BCUT2D eigenvalue weighted by atomic mass is 10.0. The molecule has 3 aromatic rings. The molecule has 0 amide bonds. The van der Waals surface area contributed by atoms with Gasteiger partial charge in [-0.1, -0.05) is 47.5 Å². The number of carbonyl (C=O) groups excluding carboxylic acids is 1. The third kappa shape index (κ3) is 4.30. The van der Waals surface area contributed by atoms with Gasteiger partial charge in [0.05, 0.1) is 10.6 Å². The molecule has 0 saturated heterocycles. The molecule has 1 aliphatic heterocycles. The maximum atomic E-state index is 12.5. The molecule has 0 N–H and O–H groups in total. The molecule has 3 aromatic carbocycles. The number of anilines is 1. The van der Waals surface area contributed by atoms with Crippen LogP contribution in [-0.2, 0) is 12.8 Å². The first-order chi connectivity index (χ1) is 14.0. The molecule has 0 aliphatic carbocycles. The minimum atomic E-state index is -0.387. The van der Waals surface area contributed by atoms with Crippen LogP contribution in [0.1, 0.15) is 32.6 Å². The monoisotopic (exact) mass is 405 g/mol. The maximum Gasteiger partial charge on any atom is 0.343 e. The van der Waals surface area contributed by atoms with E-state index in [0.29, 0.717) is 16.3 Å². The quantitative estimate of drug-likeness (QED) is 0.408. The van der Waals surface area contributed by atoms with Crippen molar-refractivity contribution in [3.8, 4) is 5.75 Å². The number of hydrogen-bond donors (Lipinski definition) is 0. The van der Waals surface area contributed by atoms with E-state index in [4.69, 9.17) is 16.3 Å². The summed E-state index contributed by atoms with van der Waals surface area (Å²) >= 11 is 6.46. The minimum absolute atomic E-state index is 0.387. The van der Waals surface area contributed by atoms with Gasteiger partial charge < -0.3 is 9.64 Å². The fourth-order valence-electron chi connectivity index (χ4n) is 3.81. The zero-order valence-corrected chi connectivity index (χ0v) is 17.5. The van der Waals surface area contributed by atoms with Gasteiger partial charge in [0.25, 0.3) is 0 Å². The molecule has 0 saturated carbocycles. The number of halogens is 1. The largest absolute Gasteiger partial charge is 0.421 e. The standard InChI is InChI=1S/C25H24ClNO2/c1-17-7-9-19(10-8-17)25(28)29-24-16-21-12-14-27(13-11-20(21)15-22(24)26)23-6-4-3-5-18(23)2/h3-10,15-16H,11-14H2,1-2H3. The predicted molar refractivity (Wildman–Crippen MR) is 118 cm³/mol. The zero-order chi connectivity index (χ0) is 20.4. The van der Waals surface area contributed by atoms with Crippen molar-refractivity contribution >= 4 is 23.3 Å². The highest BCUT2D eigenvalue weighted by atomic mass is 35.5. The Morgan fingerprint density at radius 2 is 1.59 bits per heavy atom. The summed E-state index contributed by atoms with van der Waals surface area (Å²) in [5, 5.41) is 0.480. The number of ether oxygens (including phenoxy) is 1. The van der Waals surface area contributed by atoms with E-state index >= 15 is 0 Å². The van der Waals surface area contributed by atoms with Gasteiger partial charge in [-0.05, 0) is 73.7 Å². The number of rotatable bonds is 3. The van der Waals surface area contributed by atoms with Crippen LogP contribution in [0.5, 0.6) is 5.75 Å². The molecular weight excluding hydrogens is 382 g/mol. The third-order valence-electron chi connectivity index (χ3n) is 5.50. The van der Waals surface area contributed by atoms with Crippen LogP contribution in [0.2, 0.25) is 5.02 Å². The SMILES string of the molecule is Cc1ccc(C(=O)Oc2cc3c(cc2Cl)CCN(c2ccccc2C)CC3)cc1. The second kappa shape index (κ2) is 8.30. The first-order valence-corrected chi connectivity index (χ1v) is 10.3. The molecule has 0 bridgehead atoms. The van der Waals surface area contributed by atoms with E-state index in [1.165, 1.54) is 22.4 Å². The van der Waals surface area contributed by atoms with Crippen LogP contribution < -0.4 is 9.64 Å². The molecule has 1 aliphatic rings. The van der Waals surface area contributed by atoms with Crippen LogP contribution in [0.25, 0.3) is 0 Å². The first-order valence-electron chi connectivity index (χ1n) is 9.92. The van der Waals surface area contributed by atoms with E-state index in [1.807, 2.05) is 31.2 Å². The Hall–Kier alpha value is -2.78. The summed E-state index contributed by atoms with van der Waals surface area (Å²) < 4.78 is 5.62. The fourth-order valence-corrected chi connectivity index (χ4v) is 4.04. The summed E-state index contributed by atoms with van der Waals surface area (Å²) in [6.07, 6.45) is 1.80. The Kier molecular flexibility index (Phi) is 5.59. The van der Waals surface area contributed by atoms with E-state index in [2.05, 4.69) is 36.1 Å². The number of carbonyl (C=O) groups is 1. The van der Waals surface area contributed by atoms with Crippen LogP contribution >= 0.6 is 11.6 Å². The van der Waals surface area contributed by atoms with E-state index in [1.54, 1.807) is 12.1 Å². The molecule has 1 heterocycles. The molecule has 0 radical (unpaired) electrons. The van der Waals surface area contributed by atoms with Crippen molar-refractivity contribution in [2.75, 3.05) is 18.0 Å². The van der Waals surface area contributed by atoms with Crippen molar-refractivity contribution < 1.29 is 9.53 Å². The molecule has 29 heavy (non-hydrogen) atoms. The number of fused-ring (bicyclic) bond motifs is 1. The summed E-state index contributed by atoms with van der Waals surface area (Å²) in [6.45, 7) is 5.99. The molecule has 0 unspecified atom stereocenters. The second-order valence-corrected chi connectivity index (χ2v) is 7.99. The lowest BCUT2D eigenvalue weighted by Gasteiger charge is -2.24. The average molecular weight is 406 g/mol. The van der Waals surface area contributed by atoms with Gasteiger partial charge in [0.1, 0.15) is 5.75 Å². The van der Waals surface area contributed by atoms with E-state index < -0.39 is 0 Å². The Morgan fingerprint density at radius 3 is 2.28 bits per heavy atom. The van der Waals surface area contributed by atoms with Crippen LogP contribution in [0.4, 0.5) is 5.69 Å². The van der Waals surface area contributed by atoms with Gasteiger partial charge >= 0.3 is 5.97 Å². The highest BCUT2D eigenvalue weighted by molar-refractivity contribution is 6.32. The molecule has 0 atom stereocenters. The molecule has 3 nitrogen and oxygen atoms in total. The number of hydrogen-bond acceptors (Lipinski definition) is 3. The van der Waals surface area contributed by atoms with E-state index in [-0.39, 0.29) is 5.97 Å². The van der Waals surface area contributed by atoms with Gasteiger partial charge in [0, 0.05) is 18.8 Å². The predicted octanol–water partition coefficient (Wildman–Crippen LogP) is 5.78. The topological polar surface area (TPSA) is 29.5 Å². The van der Waals surface area contributed by atoms with Crippen LogP contribution in [-0.4, -0.2) is 19.1 Å². The molecule has 0 fully saturated rings. The lowest BCUT2D eigenvalue weighted by molar-refractivity contribution is 0.0734. The summed E-state index contributed by atoms with van der Waals surface area (Å²) in [4.78, 5) is 14.9. The van der Waals surface area contributed by atoms with Crippen LogP contribution in [0.15, 0.2) is 60.7 Å². The van der Waals surface area contributed by atoms with Crippen molar-refractivity contribution in [3.63, 3.8) is 0 Å². The van der Waals surface area contributed by atoms with E-state index in [0.717, 1.165) is 31.5 Å². The Balaban J connectivity index is 1.54. The van der Waals surface area contributed by atoms with Gasteiger partial charge in [-0.2, -0.15) is 0 Å². The van der Waals surface area contributed by atoms with Gasteiger partial charge in [-0.25, -0.2) is 4.79 Å². The summed E-state index contributed by atoms with van der Waals surface area (Å²) in [7, 11) is 0. The van der Waals surface area contributed by atoms with Crippen LogP contribution in [0.3, 0.4) is 0 Å². The first kappa shape index (κ1) is 19.5. The minimum Gasteiger partial charge on any atom is -0.421 e. The number of nitrogens with zero attached hydrogens (tertiary/aromatic N) is 1. The summed E-state index contributed by atoms with van der Waals surface area (Å²) in [6, 6.07) is 19.7. The molecule has 0 spiro atoms. The van der Waals surface area contributed by atoms with Crippen molar-refractivity contribution in [3.05, 3.63) is 93.5 Å². The second-order valence-electron chi connectivity index (χ2n) is 7.58. The molecular formula is C25H24ClNO2. The molecule has 0 aromatic heterocycles. The third-order valence-corrected chi connectivity index (χ3v) is 5.80. The normalized spacial score (nSPS) is 13.6. The highest BCUT2D eigenvalue weighted by Gasteiger charge is 2.19. The maximum absolute atomic E-state index is 12.5. The highest BCUT2D eigenvalue weighted by Crippen LogP contribution is 2.32. The average Bonchev–Trinajstić information content (AvgIpc) is 2.91. The van der Waals surface area contributed by atoms with Crippen LogP contribution in [0, 0.1) is 13.8 Å². The summed E-state index contributed by atoms with van der Waals surface area (Å²) in [5.41, 5.74) is 6.59.